The van der Waals surface area contributed by atoms with Crippen molar-refractivity contribution < 1.29 is 8.95 Å². The number of rotatable bonds is 7. The summed E-state index contributed by atoms with van der Waals surface area (Å²) in [6.07, 6.45) is 1.01. The Morgan fingerprint density at radius 3 is 2.54 bits per heavy atom. The van der Waals surface area contributed by atoms with Gasteiger partial charge < -0.3 is 10.1 Å². The van der Waals surface area contributed by atoms with Crippen LogP contribution in [-0.4, -0.2) is 42.0 Å². The van der Waals surface area contributed by atoms with Gasteiger partial charge in [-0.25, -0.2) is 0 Å². The minimum absolute atomic E-state index is 0.199. The lowest BCUT2D eigenvalue weighted by atomic mass is 10.2. The molecule has 0 saturated heterocycles. The lowest BCUT2D eigenvalue weighted by Gasteiger charge is -2.21. The molecule has 0 aliphatic carbocycles. The molecule has 4 heteroatoms. The molecule has 0 fully saturated rings. The summed E-state index contributed by atoms with van der Waals surface area (Å²) in [5.74, 6) is 0.635. The smallest absolute Gasteiger partial charge is 0.0577 e. The Morgan fingerprint density at radius 1 is 1.54 bits per heavy atom. The predicted molar refractivity (Wildman–Crippen MR) is 57.5 cm³/mol. The Kier molecular flexibility index (Phi) is 7.51. The molecular formula is C9H21NO2S. The van der Waals surface area contributed by atoms with Gasteiger partial charge in [-0.3, -0.25) is 4.21 Å². The fourth-order valence-electron chi connectivity index (χ4n) is 1.31. The standard InChI is InChI=1S/C9H21NO2S/c1-5-9(10-3)8(2)13(11)7-6-12-4/h8-10H,5-7H2,1-4H3. The monoisotopic (exact) mass is 207 g/mol. The third kappa shape index (κ3) is 4.74. The van der Waals surface area contributed by atoms with E-state index in [1.807, 2.05) is 14.0 Å². The maximum atomic E-state index is 11.7. The molecule has 0 aromatic heterocycles. The van der Waals surface area contributed by atoms with Gasteiger partial charge in [0, 0.05) is 35.0 Å². The molecule has 0 amide bonds. The van der Waals surface area contributed by atoms with Crippen molar-refractivity contribution in [3.05, 3.63) is 0 Å². The van der Waals surface area contributed by atoms with Gasteiger partial charge in [-0.2, -0.15) is 0 Å². The van der Waals surface area contributed by atoms with Gasteiger partial charge >= 0.3 is 0 Å². The van der Waals surface area contributed by atoms with E-state index in [-0.39, 0.29) is 5.25 Å². The van der Waals surface area contributed by atoms with Crippen LogP contribution >= 0.6 is 0 Å². The van der Waals surface area contributed by atoms with E-state index in [4.69, 9.17) is 4.74 Å². The van der Waals surface area contributed by atoms with E-state index in [2.05, 4.69) is 12.2 Å². The van der Waals surface area contributed by atoms with Crippen molar-refractivity contribution in [2.24, 2.45) is 0 Å². The topological polar surface area (TPSA) is 38.3 Å². The first-order chi connectivity index (χ1) is 6.17. The Labute approximate surface area is 83.7 Å². The van der Waals surface area contributed by atoms with Crippen molar-refractivity contribution in [3.63, 3.8) is 0 Å². The second kappa shape index (κ2) is 7.47. The Hall–Kier alpha value is 0.0700. The first-order valence-electron chi connectivity index (χ1n) is 4.70. The Bertz CT molecular complexity index is 149. The van der Waals surface area contributed by atoms with Gasteiger partial charge in [0.15, 0.2) is 0 Å². The largest absolute Gasteiger partial charge is 0.384 e. The van der Waals surface area contributed by atoms with Crippen LogP contribution in [0.4, 0.5) is 0 Å². The second-order valence-corrected chi connectivity index (χ2v) is 5.00. The summed E-state index contributed by atoms with van der Waals surface area (Å²) < 4.78 is 16.5. The third-order valence-electron chi connectivity index (χ3n) is 2.28. The first kappa shape index (κ1) is 13.1. The molecule has 0 bridgehead atoms. The summed E-state index contributed by atoms with van der Waals surface area (Å²) in [5.41, 5.74) is 0. The van der Waals surface area contributed by atoms with Gasteiger partial charge in [0.1, 0.15) is 0 Å². The van der Waals surface area contributed by atoms with Crippen LogP contribution in [0.25, 0.3) is 0 Å². The highest BCUT2D eigenvalue weighted by atomic mass is 32.2. The van der Waals surface area contributed by atoms with Crippen LogP contribution < -0.4 is 5.32 Å². The van der Waals surface area contributed by atoms with Gasteiger partial charge in [0.25, 0.3) is 0 Å². The van der Waals surface area contributed by atoms with E-state index in [9.17, 15) is 4.21 Å². The molecule has 0 aliphatic rings. The minimum atomic E-state index is -0.782. The number of methoxy groups -OCH3 is 1. The zero-order valence-electron chi connectivity index (χ0n) is 9.00. The molecule has 13 heavy (non-hydrogen) atoms. The third-order valence-corrected chi connectivity index (χ3v) is 4.01. The molecule has 3 unspecified atom stereocenters. The van der Waals surface area contributed by atoms with Crippen molar-refractivity contribution in [2.45, 2.75) is 31.6 Å². The van der Waals surface area contributed by atoms with Crippen LogP contribution in [0.1, 0.15) is 20.3 Å². The zero-order valence-corrected chi connectivity index (χ0v) is 9.82. The van der Waals surface area contributed by atoms with Crippen molar-refractivity contribution in [3.8, 4) is 0 Å². The van der Waals surface area contributed by atoms with Crippen molar-refractivity contribution in [2.75, 3.05) is 26.5 Å². The fraction of sp³-hybridized carbons (Fsp3) is 1.00. The molecule has 0 aliphatic heterocycles. The van der Waals surface area contributed by atoms with Crippen molar-refractivity contribution >= 4 is 10.8 Å². The quantitative estimate of drug-likeness (QED) is 0.670. The highest BCUT2D eigenvalue weighted by Crippen LogP contribution is 2.05. The van der Waals surface area contributed by atoms with Crippen molar-refractivity contribution in [1.29, 1.82) is 0 Å². The lowest BCUT2D eigenvalue weighted by molar-refractivity contribution is 0.217. The predicted octanol–water partition coefficient (Wildman–Crippen LogP) is 0.768. The van der Waals surface area contributed by atoms with Gasteiger partial charge in [0.05, 0.1) is 6.61 Å². The Morgan fingerprint density at radius 2 is 2.15 bits per heavy atom. The van der Waals surface area contributed by atoms with E-state index in [0.29, 0.717) is 18.4 Å². The first-order valence-corrected chi connectivity index (χ1v) is 6.08. The summed E-state index contributed by atoms with van der Waals surface area (Å²) in [7, 11) is 2.77. The van der Waals surface area contributed by atoms with E-state index < -0.39 is 10.8 Å². The van der Waals surface area contributed by atoms with Crippen LogP contribution in [0.5, 0.6) is 0 Å². The molecule has 3 atom stereocenters. The number of nitrogens with one attached hydrogen (secondary N) is 1. The molecule has 1 N–H and O–H groups in total. The molecule has 0 spiro atoms. The summed E-state index contributed by atoms with van der Waals surface area (Å²) in [5, 5.41) is 3.37. The van der Waals surface area contributed by atoms with E-state index >= 15 is 0 Å². The lowest BCUT2D eigenvalue weighted by Crippen LogP contribution is -2.38. The number of hydrogen-bond donors (Lipinski definition) is 1. The van der Waals surface area contributed by atoms with Crippen LogP contribution in [0.15, 0.2) is 0 Å². The molecule has 3 nitrogen and oxygen atoms in total. The molecule has 0 aromatic carbocycles. The average Bonchev–Trinajstić information content (AvgIpc) is 2.15. The van der Waals surface area contributed by atoms with Gasteiger partial charge in [0.2, 0.25) is 0 Å². The summed E-state index contributed by atoms with van der Waals surface area (Å²) in [6, 6.07) is 0.345. The van der Waals surface area contributed by atoms with Gasteiger partial charge in [-0.15, -0.1) is 0 Å². The van der Waals surface area contributed by atoms with Crippen LogP contribution in [0.2, 0.25) is 0 Å². The van der Waals surface area contributed by atoms with E-state index in [1.54, 1.807) is 7.11 Å². The molecule has 0 saturated carbocycles. The molecule has 0 aromatic rings. The SMILES string of the molecule is CCC(NC)C(C)S(=O)CCOC. The van der Waals surface area contributed by atoms with E-state index in [1.165, 1.54) is 0 Å². The maximum absolute atomic E-state index is 11.7. The molecule has 0 rings (SSSR count). The molecule has 80 valence electrons. The second-order valence-electron chi connectivity index (χ2n) is 3.09. The molecule has 0 heterocycles. The van der Waals surface area contributed by atoms with Gasteiger partial charge in [-0.05, 0) is 20.4 Å². The van der Waals surface area contributed by atoms with Crippen LogP contribution in [0, 0.1) is 0 Å². The van der Waals surface area contributed by atoms with E-state index in [0.717, 1.165) is 6.42 Å². The van der Waals surface area contributed by atoms with Gasteiger partial charge in [-0.1, -0.05) is 6.92 Å². The minimum Gasteiger partial charge on any atom is -0.384 e. The highest BCUT2D eigenvalue weighted by molar-refractivity contribution is 7.85. The van der Waals surface area contributed by atoms with Crippen LogP contribution in [0.3, 0.4) is 0 Å². The molecular weight excluding hydrogens is 186 g/mol. The molecule has 0 radical (unpaired) electrons. The average molecular weight is 207 g/mol. The summed E-state index contributed by atoms with van der Waals surface area (Å²) in [4.78, 5) is 0. The van der Waals surface area contributed by atoms with Crippen LogP contribution in [-0.2, 0) is 15.5 Å². The maximum Gasteiger partial charge on any atom is 0.0577 e. The summed E-state index contributed by atoms with van der Waals surface area (Å²) >= 11 is 0. The zero-order chi connectivity index (χ0) is 10.3. The van der Waals surface area contributed by atoms with Crippen molar-refractivity contribution in [1.82, 2.24) is 5.32 Å². The highest BCUT2D eigenvalue weighted by Gasteiger charge is 2.18. The number of ether oxygens (including phenoxy) is 1. The fourth-order valence-corrected chi connectivity index (χ4v) is 2.70. The number of hydrogen-bond acceptors (Lipinski definition) is 3. The summed E-state index contributed by atoms with van der Waals surface area (Å²) in [6.45, 7) is 4.71. The Balaban J connectivity index is 3.91. The normalized spacial score (nSPS) is 18.2.